The molecule has 0 aromatic carbocycles. The van der Waals surface area contributed by atoms with E-state index < -0.39 is 0 Å². The van der Waals surface area contributed by atoms with Gasteiger partial charge < -0.3 is 4.52 Å². The maximum Gasteiger partial charge on any atom is 0.343 e. The Balaban J connectivity index is 2.00. The van der Waals surface area contributed by atoms with Crippen molar-refractivity contribution in [3.8, 4) is 0 Å². The maximum atomic E-state index is 11.6. The molecule has 0 aliphatic heterocycles. The summed E-state index contributed by atoms with van der Waals surface area (Å²) in [5, 5.41) is 11.0. The van der Waals surface area contributed by atoms with Gasteiger partial charge in [0, 0.05) is 13.0 Å². The Morgan fingerprint density at radius 1 is 1.42 bits per heavy atom. The summed E-state index contributed by atoms with van der Waals surface area (Å²) >= 11 is 1.42. The van der Waals surface area contributed by atoms with Gasteiger partial charge in [-0.3, -0.25) is 4.57 Å². The molecule has 0 spiro atoms. The molecular weight excluding hydrogens is 266 g/mol. The number of H-pyrrole nitrogens is 1. The molecule has 0 atom stereocenters. The van der Waals surface area contributed by atoms with Gasteiger partial charge >= 0.3 is 5.69 Å². The van der Waals surface area contributed by atoms with Crippen molar-refractivity contribution in [1.82, 2.24) is 24.9 Å². The van der Waals surface area contributed by atoms with Gasteiger partial charge in [0.2, 0.25) is 5.89 Å². The normalized spacial score (nSPS) is 11.1. The molecule has 8 heteroatoms. The summed E-state index contributed by atoms with van der Waals surface area (Å²) < 4.78 is 6.74. The van der Waals surface area contributed by atoms with E-state index in [0.717, 1.165) is 19.3 Å². The van der Waals surface area contributed by atoms with Gasteiger partial charge in [0.15, 0.2) is 11.0 Å². The third-order valence-corrected chi connectivity index (χ3v) is 3.57. The van der Waals surface area contributed by atoms with Gasteiger partial charge in [0.25, 0.3) is 0 Å². The number of nitrogens with zero attached hydrogens (tertiary/aromatic N) is 4. The first kappa shape index (κ1) is 13.9. The van der Waals surface area contributed by atoms with E-state index in [0.29, 0.717) is 29.2 Å². The van der Waals surface area contributed by atoms with E-state index in [-0.39, 0.29) is 5.69 Å². The van der Waals surface area contributed by atoms with E-state index in [9.17, 15) is 4.79 Å². The number of hydrogen-bond donors (Lipinski definition) is 1. The summed E-state index contributed by atoms with van der Waals surface area (Å²) in [6.45, 7) is 4.73. The van der Waals surface area contributed by atoms with Gasteiger partial charge in [-0.15, -0.1) is 5.10 Å². The quantitative estimate of drug-likeness (QED) is 0.776. The second-order valence-corrected chi connectivity index (χ2v) is 5.01. The molecule has 2 heterocycles. The van der Waals surface area contributed by atoms with Crippen molar-refractivity contribution in [3.05, 3.63) is 22.2 Å². The van der Waals surface area contributed by atoms with Crippen LogP contribution in [0.15, 0.2) is 14.5 Å². The van der Waals surface area contributed by atoms with E-state index in [1.54, 1.807) is 4.57 Å². The highest BCUT2D eigenvalue weighted by Crippen LogP contribution is 2.18. The first-order valence-electron chi connectivity index (χ1n) is 6.34. The summed E-state index contributed by atoms with van der Waals surface area (Å²) in [6, 6.07) is 0. The molecule has 0 amide bonds. The first-order chi connectivity index (χ1) is 9.24. The molecule has 0 saturated heterocycles. The first-order valence-corrected chi connectivity index (χ1v) is 7.32. The van der Waals surface area contributed by atoms with E-state index in [2.05, 4.69) is 27.3 Å². The minimum Gasteiger partial charge on any atom is -0.338 e. The molecule has 0 aliphatic rings. The lowest BCUT2D eigenvalue weighted by Crippen LogP contribution is -2.17. The van der Waals surface area contributed by atoms with Crippen LogP contribution in [0.1, 0.15) is 38.4 Å². The molecule has 0 bridgehead atoms. The second kappa shape index (κ2) is 6.55. The van der Waals surface area contributed by atoms with E-state index >= 15 is 0 Å². The Kier molecular flexibility index (Phi) is 4.78. The molecule has 2 aromatic heterocycles. The molecule has 19 heavy (non-hydrogen) atoms. The Morgan fingerprint density at radius 2 is 2.26 bits per heavy atom. The van der Waals surface area contributed by atoms with E-state index in [1.807, 2.05) is 6.92 Å². The van der Waals surface area contributed by atoms with Crippen molar-refractivity contribution < 1.29 is 4.52 Å². The maximum absolute atomic E-state index is 11.6. The van der Waals surface area contributed by atoms with Gasteiger partial charge in [-0.25, -0.2) is 9.89 Å². The van der Waals surface area contributed by atoms with Gasteiger partial charge in [-0.1, -0.05) is 37.2 Å². The summed E-state index contributed by atoms with van der Waals surface area (Å²) in [6.07, 6.45) is 2.73. The molecule has 2 rings (SSSR count). The predicted molar refractivity (Wildman–Crippen MR) is 71.0 cm³/mol. The van der Waals surface area contributed by atoms with Crippen molar-refractivity contribution in [1.29, 1.82) is 0 Å². The molecule has 104 valence electrons. The molecule has 0 unspecified atom stereocenters. The number of aromatic amines is 1. The number of aryl methyl sites for hydroxylation is 1. The minimum atomic E-state index is -0.171. The molecule has 2 aromatic rings. The number of hydrogen-bond acceptors (Lipinski definition) is 6. The zero-order valence-electron chi connectivity index (χ0n) is 11.0. The van der Waals surface area contributed by atoms with Gasteiger partial charge in [-0.2, -0.15) is 4.98 Å². The molecule has 0 saturated carbocycles. The van der Waals surface area contributed by atoms with Crippen LogP contribution in [0.4, 0.5) is 0 Å². The lowest BCUT2D eigenvalue weighted by molar-refractivity contribution is 0.385. The van der Waals surface area contributed by atoms with Crippen molar-refractivity contribution >= 4 is 11.8 Å². The fourth-order valence-corrected chi connectivity index (χ4v) is 2.36. The highest BCUT2D eigenvalue weighted by molar-refractivity contribution is 7.98. The number of aromatic nitrogens is 5. The Hall–Kier alpha value is -1.57. The summed E-state index contributed by atoms with van der Waals surface area (Å²) in [5.74, 6) is 1.77. The van der Waals surface area contributed by atoms with Crippen LogP contribution in [-0.2, 0) is 18.7 Å². The van der Waals surface area contributed by atoms with Crippen molar-refractivity contribution in [2.45, 2.75) is 50.6 Å². The minimum absolute atomic E-state index is 0.171. The summed E-state index contributed by atoms with van der Waals surface area (Å²) in [4.78, 5) is 15.8. The Morgan fingerprint density at radius 3 is 2.95 bits per heavy atom. The van der Waals surface area contributed by atoms with Crippen LogP contribution in [-0.4, -0.2) is 24.9 Å². The molecular formula is C11H17N5O2S. The smallest absolute Gasteiger partial charge is 0.338 e. The average Bonchev–Trinajstić information content (AvgIpc) is 3.01. The lowest BCUT2D eigenvalue weighted by Gasteiger charge is -2.02. The number of nitrogens with one attached hydrogen (secondary N) is 1. The SMILES string of the molecule is CCCCn1c(SCc2nc(CC)no2)n[nH]c1=O. The van der Waals surface area contributed by atoms with Crippen LogP contribution >= 0.6 is 11.8 Å². The van der Waals surface area contributed by atoms with Crippen LogP contribution in [0.5, 0.6) is 0 Å². The molecule has 1 N–H and O–H groups in total. The van der Waals surface area contributed by atoms with Crippen molar-refractivity contribution in [2.75, 3.05) is 0 Å². The highest BCUT2D eigenvalue weighted by atomic mass is 32.2. The fourth-order valence-electron chi connectivity index (χ4n) is 1.55. The van der Waals surface area contributed by atoms with Crippen molar-refractivity contribution in [2.24, 2.45) is 0 Å². The van der Waals surface area contributed by atoms with Gasteiger partial charge in [-0.05, 0) is 6.42 Å². The topological polar surface area (TPSA) is 89.6 Å². The highest BCUT2D eigenvalue weighted by Gasteiger charge is 2.11. The largest absolute Gasteiger partial charge is 0.343 e. The lowest BCUT2D eigenvalue weighted by atomic mass is 10.3. The second-order valence-electron chi connectivity index (χ2n) is 4.06. The number of thioether (sulfide) groups is 1. The number of unbranched alkanes of at least 4 members (excludes halogenated alkanes) is 1. The Bertz CT molecular complexity index is 574. The molecule has 0 radical (unpaired) electrons. The van der Waals surface area contributed by atoms with Crippen LogP contribution < -0.4 is 5.69 Å². The van der Waals surface area contributed by atoms with Crippen LogP contribution in [0.25, 0.3) is 0 Å². The zero-order chi connectivity index (χ0) is 13.7. The van der Waals surface area contributed by atoms with Crippen LogP contribution in [0, 0.1) is 0 Å². The Labute approximate surface area is 114 Å². The van der Waals surface area contributed by atoms with Crippen LogP contribution in [0.3, 0.4) is 0 Å². The third-order valence-electron chi connectivity index (χ3n) is 2.61. The monoisotopic (exact) mass is 283 g/mol. The van der Waals surface area contributed by atoms with Gasteiger partial charge in [0.05, 0.1) is 5.75 Å². The third kappa shape index (κ3) is 3.46. The van der Waals surface area contributed by atoms with E-state index in [4.69, 9.17) is 4.52 Å². The molecule has 0 fully saturated rings. The van der Waals surface area contributed by atoms with Crippen LogP contribution in [0.2, 0.25) is 0 Å². The van der Waals surface area contributed by atoms with Gasteiger partial charge in [0.1, 0.15) is 0 Å². The molecule has 7 nitrogen and oxygen atoms in total. The summed E-state index contributed by atoms with van der Waals surface area (Å²) in [5.41, 5.74) is -0.171. The zero-order valence-corrected chi connectivity index (χ0v) is 11.9. The summed E-state index contributed by atoms with van der Waals surface area (Å²) in [7, 11) is 0. The van der Waals surface area contributed by atoms with Crippen molar-refractivity contribution in [3.63, 3.8) is 0 Å². The molecule has 0 aliphatic carbocycles. The average molecular weight is 283 g/mol. The van der Waals surface area contributed by atoms with E-state index in [1.165, 1.54) is 11.8 Å². The fraction of sp³-hybridized carbons (Fsp3) is 0.636. The predicted octanol–water partition coefficient (Wildman–Crippen LogP) is 1.61. The standard InChI is InChI=1S/C11H17N5O2S/c1-3-5-6-16-10(17)13-14-11(16)19-7-9-12-8(4-2)15-18-9/h3-7H2,1-2H3,(H,13,17). The number of rotatable bonds is 7.